The Labute approximate surface area is 80.5 Å². The van der Waals surface area contributed by atoms with Crippen LogP contribution in [0.15, 0.2) is 36.4 Å². The van der Waals surface area contributed by atoms with Crippen molar-refractivity contribution in [2.45, 2.75) is 19.9 Å². The van der Waals surface area contributed by atoms with Crippen LogP contribution in [0.2, 0.25) is 0 Å². The highest BCUT2D eigenvalue weighted by molar-refractivity contribution is 5.68. The van der Waals surface area contributed by atoms with Crippen molar-refractivity contribution in [3.05, 3.63) is 42.0 Å². The molecule has 1 aromatic rings. The molecule has 1 rings (SSSR count). The Kier molecular flexibility index (Phi) is 3.71. The molecule has 0 saturated carbocycles. The van der Waals surface area contributed by atoms with E-state index >= 15 is 0 Å². The highest BCUT2D eigenvalue weighted by Crippen LogP contribution is 2.17. The summed E-state index contributed by atoms with van der Waals surface area (Å²) >= 11 is 0. The number of benzene rings is 1. The molecule has 0 saturated heterocycles. The molecular formula is C12H17N. The van der Waals surface area contributed by atoms with E-state index in [1.54, 1.807) is 0 Å². The molecule has 0 aliphatic heterocycles. The molecule has 0 bridgehead atoms. The average molecular weight is 175 g/mol. The van der Waals surface area contributed by atoms with E-state index in [2.05, 4.69) is 49.5 Å². The molecule has 1 nitrogen and oxygen atoms in total. The molecule has 0 aromatic heterocycles. The number of nitrogens with one attached hydrogen (secondary N) is 1. The quantitative estimate of drug-likeness (QED) is 0.744. The normalized spacial score (nSPS) is 14.2. The summed E-state index contributed by atoms with van der Waals surface area (Å²) in [7, 11) is 1.98. The topological polar surface area (TPSA) is 12.0 Å². The van der Waals surface area contributed by atoms with Crippen LogP contribution in [0.3, 0.4) is 0 Å². The van der Waals surface area contributed by atoms with Crippen molar-refractivity contribution >= 4 is 5.57 Å². The predicted octanol–water partition coefficient (Wildman–Crippen LogP) is 2.70. The fourth-order valence-corrected chi connectivity index (χ4v) is 1.45. The minimum atomic E-state index is 0.410. The third kappa shape index (κ3) is 2.43. The zero-order chi connectivity index (χ0) is 9.68. The summed E-state index contributed by atoms with van der Waals surface area (Å²) in [5.74, 6) is 0. The average Bonchev–Trinajstić information content (AvgIpc) is 2.20. The lowest BCUT2D eigenvalue weighted by molar-refractivity contribution is 0.744. The summed E-state index contributed by atoms with van der Waals surface area (Å²) in [4.78, 5) is 0. The van der Waals surface area contributed by atoms with Gasteiger partial charge in [-0.05, 0) is 32.0 Å². The van der Waals surface area contributed by atoms with Crippen LogP contribution in [0.5, 0.6) is 0 Å². The molecule has 70 valence electrons. The molecule has 1 aromatic carbocycles. The Hall–Kier alpha value is -1.08. The van der Waals surface area contributed by atoms with Gasteiger partial charge in [0.1, 0.15) is 0 Å². The minimum absolute atomic E-state index is 0.410. The minimum Gasteiger partial charge on any atom is -0.313 e. The van der Waals surface area contributed by atoms with Crippen molar-refractivity contribution in [3.8, 4) is 0 Å². The van der Waals surface area contributed by atoms with Gasteiger partial charge in [-0.1, -0.05) is 36.4 Å². The Morgan fingerprint density at radius 2 is 1.92 bits per heavy atom. The molecule has 0 heterocycles. The van der Waals surface area contributed by atoms with Gasteiger partial charge in [0.15, 0.2) is 0 Å². The summed E-state index contributed by atoms with van der Waals surface area (Å²) in [6.07, 6.45) is 2.16. The van der Waals surface area contributed by atoms with E-state index in [0.29, 0.717) is 6.04 Å². The molecule has 0 aliphatic rings. The summed E-state index contributed by atoms with van der Waals surface area (Å²) in [6.45, 7) is 4.25. The maximum atomic E-state index is 3.25. The molecule has 13 heavy (non-hydrogen) atoms. The molecule has 0 amide bonds. The predicted molar refractivity (Wildman–Crippen MR) is 58.6 cm³/mol. The van der Waals surface area contributed by atoms with Crippen LogP contribution in [0.1, 0.15) is 19.4 Å². The van der Waals surface area contributed by atoms with Crippen molar-refractivity contribution in [3.63, 3.8) is 0 Å². The first-order chi connectivity index (χ1) is 6.29. The summed E-state index contributed by atoms with van der Waals surface area (Å²) in [6, 6.07) is 10.9. The Balaban J connectivity index is 2.93. The van der Waals surface area contributed by atoms with Crippen LogP contribution in [-0.4, -0.2) is 13.1 Å². The molecule has 0 fully saturated rings. The van der Waals surface area contributed by atoms with Gasteiger partial charge in [-0.3, -0.25) is 0 Å². The number of likely N-dealkylation sites (N-methyl/N-ethyl adjacent to an activating group) is 1. The number of allylic oxidation sites excluding steroid dienone is 1. The molecule has 1 N–H and O–H groups in total. The van der Waals surface area contributed by atoms with E-state index in [9.17, 15) is 0 Å². The van der Waals surface area contributed by atoms with Crippen molar-refractivity contribution in [2.24, 2.45) is 0 Å². The van der Waals surface area contributed by atoms with Crippen LogP contribution < -0.4 is 5.32 Å². The lowest BCUT2D eigenvalue weighted by atomic mass is 10.00. The molecular weight excluding hydrogens is 158 g/mol. The summed E-state index contributed by atoms with van der Waals surface area (Å²) < 4.78 is 0. The van der Waals surface area contributed by atoms with Crippen LogP contribution >= 0.6 is 0 Å². The maximum Gasteiger partial charge on any atom is 0.0291 e. The van der Waals surface area contributed by atoms with Crippen molar-refractivity contribution < 1.29 is 0 Å². The monoisotopic (exact) mass is 175 g/mol. The highest BCUT2D eigenvalue weighted by atomic mass is 14.9. The van der Waals surface area contributed by atoms with Gasteiger partial charge in [0.25, 0.3) is 0 Å². The second kappa shape index (κ2) is 4.83. The van der Waals surface area contributed by atoms with E-state index in [1.165, 1.54) is 11.1 Å². The van der Waals surface area contributed by atoms with Crippen molar-refractivity contribution in [1.29, 1.82) is 0 Å². The third-order valence-electron chi connectivity index (χ3n) is 2.32. The maximum absolute atomic E-state index is 3.25. The second-order valence-corrected chi connectivity index (χ2v) is 3.12. The number of hydrogen-bond donors (Lipinski definition) is 1. The van der Waals surface area contributed by atoms with Gasteiger partial charge >= 0.3 is 0 Å². The Bertz CT molecular complexity index is 274. The van der Waals surface area contributed by atoms with E-state index in [1.807, 2.05) is 13.1 Å². The molecule has 1 heteroatoms. The molecule has 0 spiro atoms. The summed E-state index contributed by atoms with van der Waals surface area (Å²) in [5, 5.41) is 3.25. The van der Waals surface area contributed by atoms with E-state index in [4.69, 9.17) is 0 Å². The van der Waals surface area contributed by atoms with Gasteiger partial charge in [0.2, 0.25) is 0 Å². The highest BCUT2D eigenvalue weighted by Gasteiger charge is 2.06. The van der Waals surface area contributed by atoms with Gasteiger partial charge in [-0.15, -0.1) is 0 Å². The molecule has 1 atom stereocenters. The first-order valence-corrected chi connectivity index (χ1v) is 4.68. The fraction of sp³-hybridized carbons (Fsp3) is 0.333. The van der Waals surface area contributed by atoms with Crippen molar-refractivity contribution in [2.75, 3.05) is 7.05 Å². The van der Waals surface area contributed by atoms with Gasteiger partial charge in [-0.2, -0.15) is 0 Å². The third-order valence-corrected chi connectivity index (χ3v) is 2.32. The largest absolute Gasteiger partial charge is 0.313 e. The van der Waals surface area contributed by atoms with Crippen LogP contribution in [-0.2, 0) is 0 Å². The van der Waals surface area contributed by atoms with E-state index < -0.39 is 0 Å². The molecule has 0 radical (unpaired) electrons. The molecule has 0 aliphatic carbocycles. The zero-order valence-electron chi connectivity index (χ0n) is 8.54. The Morgan fingerprint density at radius 1 is 1.31 bits per heavy atom. The van der Waals surface area contributed by atoms with Crippen LogP contribution in [0.4, 0.5) is 0 Å². The van der Waals surface area contributed by atoms with Crippen molar-refractivity contribution in [1.82, 2.24) is 5.32 Å². The SMILES string of the molecule is C/C=C(\c1ccccc1)C(C)NC. The van der Waals surface area contributed by atoms with Gasteiger partial charge < -0.3 is 5.32 Å². The zero-order valence-corrected chi connectivity index (χ0v) is 8.54. The lowest BCUT2D eigenvalue weighted by Gasteiger charge is -2.14. The van der Waals surface area contributed by atoms with Crippen LogP contribution in [0.25, 0.3) is 5.57 Å². The second-order valence-electron chi connectivity index (χ2n) is 3.12. The van der Waals surface area contributed by atoms with Gasteiger partial charge in [0.05, 0.1) is 0 Å². The molecule has 1 unspecified atom stereocenters. The van der Waals surface area contributed by atoms with E-state index in [0.717, 1.165) is 0 Å². The standard InChI is InChI=1S/C12H17N/c1-4-12(10(2)13-3)11-8-6-5-7-9-11/h4-10,13H,1-3H3/b12-4-. The van der Waals surface area contributed by atoms with Gasteiger partial charge in [0, 0.05) is 6.04 Å². The fourth-order valence-electron chi connectivity index (χ4n) is 1.45. The smallest absolute Gasteiger partial charge is 0.0291 e. The first kappa shape index (κ1) is 10.0. The number of hydrogen-bond acceptors (Lipinski definition) is 1. The summed E-state index contributed by atoms with van der Waals surface area (Å²) in [5.41, 5.74) is 2.65. The lowest BCUT2D eigenvalue weighted by Crippen LogP contribution is -2.22. The Morgan fingerprint density at radius 3 is 2.38 bits per heavy atom. The number of rotatable bonds is 3. The van der Waals surface area contributed by atoms with Crippen LogP contribution in [0, 0.1) is 0 Å². The first-order valence-electron chi connectivity index (χ1n) is 4.68. The van der Waals surface area contributed by atoms with E-state index in [-0.39, 0.29) is 0 Å². The van der Waals surface area contributed by atoms with Gasteiger partial charge in [-0.25, -0.2) is 0 Å².